The predicted octanol–water partition coefficient (Wildman–Crippen LogP) is 1.91. The molecular weight excluding hydrogens is 325 g/mol. The van der Waals surface area contributed by atoms with Gasteiger partial charge in [0.05, 0.1) is 13.1 Å². The molecule has 1 aromatic heterocycles. The van der Waals surface area contributed by atoms with E-state index in [2.05, 4.69) is 15.5 Å². The van der Waals surface area contributed by atoms with E-state index in [9.17, 15) is 18.0 Å². The molecule has 24 heavy (non-hydrogen) atoms. The molecule has 3 N–H and O–H groups in total. The largest absolute Gasteiger partial charge is 0.350 e. The third-order valence-electron chi connectivity index (χ3n) is 3.21. The topological polar surface area (TPSA) is 94.0 Å². The van der Waals surface area contributed by atoms with Crippen molar-refractivity contribution in [3.8, 4) is 11.4 Å². The second-order valence-electron chi connectivity index (χ2n) is 5.21. The molecule has 0 saturated carbocycles. The number of aryl methyl sites for hydroxylation is 1. The molecule has 0 bridgehead atoms. The van der Waals surface area contributed by atoms with Crippen LogP contribution in [0.4, 0.5) is 13.2 Å². The number of amides is 1. The first kappa shape index (κ1) is 17.9. The Morgan fingerprint density at radius 3 is 2.67 bits per heavy atom. The molecule has 1 heterocycles. The fourth-order valence-corrected chi connectivity index (χ4v) is 1.86. The van der Waals surface area contributed by atoms with Crippen LogP contribution in [0.15, 0.2) is 28.8 Å². The lowest BCUT2D eigenvalue weighted by atomic mass is 10.2. The van der Waals surface area contributed by atoms with E-state index < -0.39 is 24.9 Å². The lowest BCUT2D eigenvalue weighted by molar-refractivity contribution is -0.123. The normalized spacial score (nSPS) is 11.5. The zero-order valence-electron chi connectivity index (χ0n) is 12.8. The molecule has 130 valence electrons. The van der Waals surface area contributed by atoms with Crippen LogP contribution in [0.25, 0.3) is 11.4 Å². The van der Waals surface area contributed by atoms with E-state index in [0.717, 1.165) is 0 Å². The van der Waals surface area contributed by atoms with Gasteiger partial charge < -0.3 is 15.6 Å². The van der Waals surface area contributed by atoms with Crippen molar-refractivity contribution in [3.05, 3.63) is 36.0 Å². The van der Waals surface area contributed by atoms with Crippen LogP contribution in [0, 0.1) is 5.82 Å². The average molecular weight is 342 g/mol. The zero-order chi connectivity index (χ0) is 17.6. The first-order valence-electron chi connectivity index (χ1n) is 7.33. The second kappa shape index (κ2) is 7.91. The number of nitrogens with two attached hydrogens (primary N) is 1. The van der Waals surface area contributed by atoms with Gasteiger partial charge in [0, 0.05) is 18.4 Å². The number of benzene rings is 1. The Morgan fingerprint density at radius 2 is 2.00 bits per heavy atom. The second-order valence-corrected chi connectivity index (χ2v) is 5.21. The summed E-state index contributed by atoms with van der Waals surface area (Å²) in [6.45, 7) is -1.60. The average Bonchev–Trinajstić information content (AvgIpc) is 3.03. The SMILES string of the molecule is NCC(F)(F)CNC(=O)CCCc1nc(-c2ccc(F)cc2)no1. The predicted molar refractivity (Wildman–Crippen MR) is 79.6 cm³/mol. The number of hydrogen-bond acceptors (Lipinski definition) is 5. The van der Waals surface area contributed by atoms with Crippen molar-refractivity contribution < 1.29 is 22.5 Å². The van der Waals surface area contributed by atoms with E-state index in [4.69, 9.17) is 10.3 Å². The summed E-state index contributed by atoms with van der Waals surface area (Å²) >= 11 is 0. The van der Waals surface area contributed by atoms with Gasteiger partial charge in [0.15, 0.2) is 0 Å². The van der Waals surface area contributed by atoms with Crippen LogP contribution in [0.2, 0.25) is 0 Å². The highest BCUT2D eigenvalue weighted by atomic mass is 19.3. The first-order valence-corrected chi connectivity index (χ1v) is 7.33. The van der Waals surface area contributed by atoms with Gasteiger partial charge in [0.25, 0.3) is 5.92 Å². The van der Waals surface area contributed by atoms with Gasteiger partial charge in [-0.1, -0.05) is 5.16 Å². The summed E-state index contributed by atoms with van der Waals surface area (Å²) < 4.78 is 43.7. The molecule has 1 aromatic carbocycles. The van der Waals surface area contributed by atoms with Crippen molar-refractivity contribution >= 4 is 5.91 Å². The highest BCUT2D eigenvalue weighted by molar-refractivity contribution is 5.75. The van der Waals surface area contributed by atoms with Crippen LogP contribution in [0.1, 0.15) is 18.7 Å². The van der Waals surface area contributed by atoms with Gasteiger partial charge in [-0.25, -0.2) is 13.2 Å². The number of rotatable bonds is 8. The Bertz CT molecular complexity index is 674. The van der Waals surface area contributed by atoms with E-state index in [1.807, 2.05) is 0 Å². The summed E-state index contributed by atoms with van der Waals surface area (Å²) in [7, 11) is 0. The number of alkyl halides is 2. The Balaban J connectivity index is 1.77. The number of nitrogens with one attached hydrogen (secondary N) is 1. The maximum absolute atomic E-state index is 12.9. The van der Waals surface area contributed by atoms with Gasteiger partial charge in [-0.2, -0.15) is 4.98 Å². The lowest BCUT2D eigenvalue weighted by Gasteiger charge is -2.14. The molecule has 0 aliphatic heterocycles. The maximum Gasteiger partial charge on any atom is 0.277 e. The van der Waals surface area contributed by atoms with Crippen molar-refractivity contribution in [1.29, 1.82) is 0 Å². The number of halogens is 3. The summed E-state index contributed by atoms with van der Waals surface area (Å²) in [6, 6.07) is 5.61. The fraction of sp³-hybridized carbons (Fsp3) is 0.400. The van der Waals surface area contributed by atoms with Crippen LogP contribution in [-0.2, 0) is 11.2 Å². The molecule has 0 aliphatic rings. The summed E-state index contributed by atoms with van der Waals surface area (Å²) in [5.74, 6) is -3.34. The molecule has 1 amide bonds. The van der Waals surface area contributed by atoms with E-state index in [1.54, 1.807) is 0 Å². The molecule has 0 atom stereocenters. The quantitative estimate of drug-likeness (QED) is 0.764. The van der Waals surface area contributed by atoms with Gasteiger partial charge in [-0.05, 0) is 30.7 Å². The highest BCUT2D eigenvalue weighted by Crippen LogP contribution is 2.17. The molecule has 0 radical (unpaired) electrons. The molecule has 9 heteroatoms. The lowest BCUT2D eigenvalue weighted by Crippen LogP contribution is -2.41. The van der Waals surface area contributed by atoms with E-state index in [1.165, 1.54) is 24.3 Å². The first-order chi connectivity index (χ1) is 11.4. The van der Waals surface area contributed by atoms with Crippen molar-refractivity contribution in [2.24, 2.45) is 5.73 Å². The van der Waals surface area contributed by atoms with Crippen LogP contribution >= 0.6 is 0 Å². The Kier molecular flexibility index (Phi) is 5.91. The summed E-state index contributed by atoms with van der Waals surface area (Å²) in [6.07, 6.45) is 0.745. The molecule has 0 unspecified atom stereocenters. The number of aromatic nitrogens is 2. The van der Waals surface area contributed by atoms with Gasteiger partial charge in [0.1, 0.15) is 5.82 Å². The fourth-order valence-electron chi connectivity index (χ4n) is 1.86. The monoisotopic (exact) mass is 342 g/mol. The summed E-state index contributed by atoms with van der Waals surface area (Å²) in [5.41, 5.74) is 5.48. The van der Waals surface area contributed by atoms with Gasteiger partial charge >= 0.3 is 0 Å². The highest BCUT2D eigenvalue weighted by Gasteiger charge is 2.26. The minimum absolute atomic E-state index is 0.0505. The van der Waals surface area contributed by atoms with Gasteiger partial charge in [0.2, 0.25) is 17.6 Å². The third kappa shape index (κ3) is 5.34. The molecule has 0 saturated heterocycles. The number of hydrogen-bond donors (Lipinski definition) is 2. The van der Waals surface area contributed by atoms with Crippen LogP contribution in [0.5, 0.6) is 0 Å². The van der Waals surface area contributed by atoms with Crippen molar-refractivity contribution in [3.63, 3.8) is 0 Å². The zero-order valence-corrected chi connectivity index (χ0v) is 12.8. The smallest absolute Gasteiger partial charge is 0.277 e. The van der Waals surface area contributed by atoms with Gasteiger partial charge in [-0.3, -0.25) is 4.79 Å². The Labute approximate surface area is 136 Å². The van der Waals surface area contributed by atoms with Crippen molar-refractivity contribution in [2.45, 2.75) is 25.2 Å². The van der Waals surface area contributed by atoms with Crippen molar-refractivity contribution in [1.82, 2.24) is 15.5 Å². The third-order valence-corrected chi connectivity index (χ3v) is 3.21. The Hall–Kier alpha value is -2.42. The maximum atomic E-state index is 12.9. The minimum atomic E-state index is -3.10. The number of nitrogens with zero attached hydrogens (tertiary/aromatic N) is 2. The van der Waals surface area contributed by atoms with Crippen LogP contribution < -0.4 is 11.1 Å². The molecule has 2 aromatic rings. The number of carbonyl (C=O) groups is 1. The van der Waals surface area contributed by atoms with E-state index >= 15 is 0 Å². The molecule has 0 aliphatic carbocycles. The van der Waals surface area contributed by atoms with Gasteiger partial charge in [-0.15, -0.1) is 0 Å². The standard InChI is InChI=1S/C15H17F3N4O2/c16-11-6-4-10(5-7-11)14-21-13(24-22-14)3-1-2-12(23)20-9-15(17,18)8-19/h4-7H,1-3,8-9,19H2,(H,20,23). The molecule has 2 rings (SSSR count). The number of carbonyl (C=O) groups excluding carboxylic acids is 1. The summed E-state index contributed by atoms with van der Waals surface area (Å²) in [5, 5.41) is 5.90. The van der Waals surface area contributed by atoms with E-state index in [0.29, 0.717) is 30.1 Å². The molecule has 0 spiro atoms. The Morgan fingerprint density at radius 1 is 1.29 bits per heavy atom. The summed E-state index contributed by atoms with van der Waals surface area (Å²) in [4.78, 5) is 15.6. The van der Waals surface area contributed by atoms with Crippen LogP contribution in [-0.4, -0.2) is 35.1 Å². The molecular formula is C15H17F3N4O2. The van der Waals surface area contributed by atoms with Crippen LogP contribution in [0.3, 0.4) is 0 Å². The minimum Gasteiger partial charge on any atom is -0.350 e. The molecule has 6 nitrogen and oxygen atoms in total. The van der Waals surface area contributed by atoms with Crippen molar-refractivity contribution in [2.75, 3.05) is 13.1 Å². The molecule has 0 fully saturated rings. The van der Waals surface area contributed by atoms with E-state index in [-0.39, 0.29) is 12.2 Å².